The van der Waals surface area contributed by atoms with E-state index in [2.05, 4.69) is 12.2 Å². The van der Waals surface area contributed by atoms with E-state index in [0.717, 1.165) is 19.4 Å². The summed E-state index contributed by atoms with van der Waals surface area (Å²) in [5, 5.41) is 0. The van der Waals surface area contributed by atoms with Crippen LogP contribution in [0.25, 0.3) is 0 Å². The van der Waals surface area contributed by atoms with E-state index in [1.165, 1.54) is 0 Å². The van der Waals surface area contributed by atoms with Crippen molar-refractivity contribution in [2.24, 2.45) is 0 Å². The van der Waals surface area contributed by atoms with Crippen LogP contribution in [0.5, 0.6) is 0 Å². The van der Waals surface area contributed by atoms with E-state index in [4.69, 9.17) is 0 Å². The van der Waals surface area contributed by atoms with Crippen molar-refractivity contribution in [1.82, 2.24) is 4.90 Å². The van der Waals surface area contributed by atoms with Crippen molar-refractivity contribution >= 4 is 5.91 Å². The van der Waals surface area contributed by atoms with Crippen LogP contribution in [0.2, 0.25) is 0 Å². The minimum atomic E-state index is 0.324. The monoisotopic (exact) mass is 123 g/mol. The molecule has 0 aromatic rings. The number of hydrogen-bond donors (Lipinski definition) is 0. The molecule has 2 heteroatoms. The van der Waals surface area contributed by atoms with Gasteiger partial charge in [-0.25, -0.2) is 0 Å². The average Bonchev–Trinajstić information content (AvgIpc) is 2.58. The standard InChI is InChI=1S/C7H9NO/c9-7-2-1-5-8(7)6-3-4-6/h3-4,6H,1-2,5H2. The average molecular weight is 123 g/mol. The van der Waals surface area contributed by atoms with Gasteiger partial charge in [-0.05, 0) is 6.42 Å². The summed E-state index contributed by atoms with van der Waals surface area (Å²) in [5.74, 6) is 0.324. The lowest BCUT2D eigenvalue weighted by Crippen LogP contribution is -2.27. The third-order valence-corrected chi connectivity index (χ3v) is 1.83. The number of rotatable bonds is 1. The van der Waals surface area contributed by atoms with Gasteiger partial charge in [-0.1, -0.05) is 12.2 Å². The van der Waals surface area contributed by atoms with E-state index in [9.17, 15) is 4.79 Å². The summed E-state index contributed by atoms with van der Waals surface area (Å²) < 4.78 is 0. The highest BCUT2D eigenvalue weighted by molar-refractivity contribution is 5.79. The van der Waals surface area contributed by atoms with E-state index < -0.39 is 0 Å². The summed E-state index contributed by atoms with van der Waals surface area (Å²) in [5.41, 5.74) is 0. The Bertz CT molecular complexity index is 168. The Morgan fingerprint density at radius 2 is 2.33 bits per heavy atom. The Morgan fingerprint density at radius 1 is 1.56 bits per heavy atom. The van der Waals surface area contributed by atoms with Crippen molar-refractivity contribution in [3.05, 3.63) is 12.2 Å². The molecule has 48 valence electrons. The van der Waals surface area contributed by atoms with Gasteiger partial charge < -0.3 is 4.90 Å². The van der Waals surface area contributed by atoms with Gasteiger partial charge in [0.05, 0.1) is 6.04 Å². The molecule has 2 rings (SSSR count). The van der Waals surface area contributed by atoms with Crippen LogP contribution >= 0.6 is 0 Å². The Hall–Kier alpha value is -0.790. The first-order valence-electron chi connectivity index (χ1n) is 3.36. The molecule has 0 bridgehead atoms. The van der Waals surface area contributed by atoms with Crippen LogP contribution < -0.4 is 0 Å². The second-order valence-corrected chi connectivity index (χ2v) is 2.57. The van der Waals surface area contributed by atoms with Gasteiger partial charge in [-0.2, -0.15) is 0 Å². The fourth-order valence-corrected chi connectivity index (χ4v) is 1.24. The molecular formula is C7H9NO. The molecule has 9 heavy (non-hydrogen) atoms. The van der Waals surface area contributed by atoms with Gasteiger partial charge in [0, 0.05) is 13.0 Å². The van der Waals surface area contributed by atoms with Crippen molar-refractivity contribution in [2.45, 2.75) is 18.9 Å². The minimum absolute atomic E-state index is 0.324. The molecule has 0 atom stereocenters. The molecule has 1 aliphatic carbocycles. The van der Waals surface area contributed by atoms with E-state index >= 15 is 0 Å². The highest BCUT2D eigenvalue weighted by Crippen LogP contribution is 2.21. The molecule has 1 aliphatic heterocycles. The van der Waals surface area contributed by atoms with E-state index in [1.807, 2.05) is 4.90 Å². The smallest absolute Gasteiger partial charge is 0.223 e. The van der Waals surface area contributed by atoms with E-state index in [0.29, 0.717) is 11.9 Å². The van der Waals surface area contributed by atoms with E-state index in [1.54, 1.807) is 0 Å². The zero-order chi connectivity index (χ0) is 6.27. The van der Waals surface area contributed by atoms with Crippen LogP contribution in [-0.2, 0) is 4.79 Å². The molecule has 0 spiro atoms. The first-order chi connectivity index (χ1) is 4.38. The lowest BCUT2D eigenvalue weighted by Gasteiger charge is -2.13. The molecule has 0 radical (unpaired) electrons. The second-order valence-electron chi connectivity index (χ2n) is 2.57. The minimum Gasteiger partial charge on any atom is -0.333 e. The van der Waals surface area contributed by atoms with Gasteiger partial charge in [0.2, 0.25) is 5.91 Å². The zero-order valence-electron chi connectivity index (χ0n) is 5.21. The Labute approximate surface area is 54.1 Å². The molecule has 0 unspecified atom stereocenters. The first kappa shape index (κ1) is 5.03. The van der Waals surface area contributed by atoms with Crippen molar-refractivity contribution in [2.75, 3.05) is 6.54 Å². The quantitative estimate of drug-likeness (QED) is 0.466. The summed E-state index contributed by atoms with van der Waals surface area (Å²) >= 11 is 0. The summed E-state index contributed by atoms with van der Waals surface area (Å²) in [6.07, 6.45) is 5.93. The molecule has 0 N–H and O–H groups in total. The number of likely N-dealkylation sites (tertiary alicyclic amines) is 1. The van der Waals surface area contributed by atoms with Crippen LogP contribution in [0.4, 0.5) is 0 Å². The van der Waals surface area contributed by atoms with Crippen molar-refractivity contribution in [3.63, 3.8) is 0 Å². The van der Waals surface area contributed by atoms with Crippen molar-refractivity contribution < 1.29 is 4.79 Å². The molecule has 1 saturated heterocycles. The third kappa shape index (κ3) is 0.745. The van der Waals surface area contributed by atoms with E-state index in [-0.39, 0.29) is 0 Å². The lowest BCUT2D eigenvalue weighted by molar-refractivity contribution is -0.127. The number of carbonyl (C=O) groups excluding carboxylic acids is 1. The van der Waals surface area contributed by atoms with Gasteiger partial charge in [0.15, 0.2) is 0 Å². The number of nitrogens with zero attached hydrogens (tertiary/aromatic N) is 1. The predicted octanol–water partition coefficient (Wildman–Crippen LogP) is 0.547. The van der Waals surface area contributed by atoms with Gasteiger partial charge >= 0.3 is 0 Å². The van der Waals surface area contributed by atoms with Crippen molar-refractivity contribution in [3.8, 4) is 0 Å². The molecule has 1 fully saturated rings. The highest BCUT2D eigenvalue weighted by atomic mass is 16.2. The highest BCUT2D eigenvalue weighted by Gasteiger charge is 2.28. The maximum atomic E-state index is 10.9. The number of amides is 1. The molecule has 0 aromatic carbocycles. The molecular weight excluding hydrogens is 114 g/mol. The predicted molar refractivity (Wildman–Crippen MR) is 33.9 cm³/mol. The van der Waals surface area contributed by atoms with Crippen molar-refractivity contribution in [1.29, 1.82) is 0 Å². The van der Waals surface area contributed by atoms with Crippen LogP contribution in [-0.4, -0.2) is 23.4 Å². The van der Waals surface area contributed by atoms with Crippen LogP contribution in [0.1, 0.15) is 12.8 Å². The SMILES string of the molecule is O=C1CCCN1C1C=C1. The Morgan fingerprint density at radius 3 is 2.78 bits per heavy atom. The molecule has 1 amide bonds. The number of hydrogen-bond acceptors (Lipinski definition) is 1. The van der Waals surface area contributed by atoms with Crippen LogP contribution in [0.15, 0.2) is 12.2 Å². The Balaban J connectivity index is 2.02. The van der Waals surface area contributed by atoms with Gasteiger partial charge in [-0.15, -0.1) is 0 Å². The fourth-order valence-electron chi connectivity index (χ4n) is 1.24. The molecule has 2 aliphatic rings. The third-order valence-electron chi connectivity index (χ3n) is 1.83. The second kappa shape index (κ2) is 1.59. The maximum absolute atomic E-state index is 10.9. The molecule has 2 nitrogen and oxygen atoms in total. The van der Waals surface area contributed by atoms with Gasteiger partial charge in [0.25, 0.3) is 0 Å². The zero-order valence-corrected chi connectivity index (χ0v) is 5.21. The molecule has 1 heterocycles. The summed E-state index contributed by atoms with van der Waals surface area (Å²) in [6.45, 7) is 0.969. The molecule has 0 saturated carbocycles. The summed E-state index contributed by atoms with van der Waals surface area (Å²) in [7, 11) is 0. The number of carbonyl (C=O) groups is 1. The lowest BCUT2D eigenvalue weighted by atomic mass is 10.4. The maximum Gasteiger partial charge on any atom is 0.223 e. The largest absolute Gasteiger partial charge is 0.333 e. The fraction of sp³-hybridized carbons (Fsp3) is 0.571. The van der Waals surface area contributed by atoms with Crippen LogP contribution in [0, 0.1) is 0 Å². The topological polar surface area (TPSA) is 20.3 Å². The van der Waals surface area contributed by atoms with Gasteiger partial charge in [0.1, 0.15) is 0 Å². The molecule has 0 aromatic heterocycles. The normalized spacial score (nSPS) is 25.8. The summed E-state index contributed by atoms with van der Waals surface area (Å²) in [4.78, 5) is 12.9. The summed E-state index contributed by atoms with van der Waals surface area (Å²) in [6, 6.07) is 0.403. The Kier molecular flexibility index (Phi) is 0.891. The van der Waals surface area contributed by atoms with Crippen LogP contribution in [0.3, 0.4) is 0 Å². The first-order valence-corrected chi connectivity index (χ1v) is 3.36. The van der Waals surface area contributed by atoms with Gasteiger partial charge in [-0.3, -0.25) is 4.79 Å².